The summed E-state index contributed by atoms with van der Waals surface area (Å²) in [5.74, 6) is -0.0783. The number of carbonyl (C=O) groups is 1. The first-order valence-corrected chi connectivity index (χ1v) is 8.10. The van der Waals surface area contributed by atoms with Crippen molar-refractivity contribution in [3.63, 3.8) is 0 Å². The van der Waals surface area contributed by atoms with Gasteiger partial charge in [0.15, 0.2) is 5.78 Å². The topological polar surface area (TPSA) is 17.1 Å². The SMILES string of the molecule is O=C(c1ccc2c(c1)Cc1ccccc1-2)c1ccc(Cl)cc1Cl. The Balaban J connectivity index is 1.75. The summed E-state index contributed by atoms with van der Waals surface area (Å²) in [5.41, 5.74) is 6.08. The van der Waals surface area contributed by atoms with Crippen molar-refractivity contribution in [2.75, 3.05) is 0 Å². The van der Waals surface area contributed by atoms with Gasteiger partial charge in [-0.3, -0.25) is 4.79 Å². The van der Waals surface area contributed by atoms with Gasteiger partial charge < -0.3 is 0 Å². The first-order valence-electron chi connectivity index (χ1n) is 7.34. The summed E-state index contributed by atoms with van der Waals surface area (Å²) in [6.45, 7) is 0. The first-order chi connectivity index (χ1) is 11.1. The molecule has 3 aromatic rings. The molecule has 112 valence electrons. The molecule has 0 saturated carbocycles. The van der Waals surface area contributed by atoms with E-state index in [1.165, 1.54) is 22.3 Å². The highest BCUT2D eigenvalue weighted by Gasteiger charge is 2.20. The van der Waals surface area contributed by atoms with E-state index in [0.29, 0.717) is 21.2 Å². The Labute approximate surface area is 144 Å². The molecule has 0 fully saturated rings. The maximum Gasteiger partial charge on any atom is 0.194 e. The van der Waals surface area contributed by atoms with Gasteiger partial charge in [-0.2, -0.15) is 0 Å². The lowest BCUT2D eigenvalue weighted by molar-refractivity contribution is 0.103. The van der Waals surface area contributed by atoms with Crippen LogP contribution >= 0.6 is 23.2 Å². The van der Waals surface area contributed by atoms with E-state index in [2.05, 4.69) is 12.1 Å². The molecule has 0 aliphatic heterocycles. The molecule has 0 radical (unpaired) electrons. The second-order valence-corrected chi connectivity index (χ2v) is 6.50. The molecule has 0 amide bonds. The molecule has 4 rings (SSSR count). The lowest BCUT2D eigenvalue weighted by atomic mass is 9.98. The molecule has 0 heterocycles. The Morgan fingerprint density at radius 3 is 2.43 bits per heavy atom. The van der Waals surface area contributed by atoms with Crippen molar-refractivity contribution in [3.05, 3.63) is 93.0 Å². The summed E-state index contributed by atoms with van der Waals surface area (Å²) in [7, 11) is 0. The highest BCUT2D eigenvalue weighted by Crippen LogP contribution is 2.37. The molecule has 1 nitrogen and oxygen atoms in total. The van der Waals surface area contributed by atoms with Gasteiger partial charge in [0, 0.05) is 16.1 Å². The Hall–Kier alpha value is -2.09. The van der Waals surface area contributed by atoms with Crippen molar-refractivity contribution in [1.82, 2.24) is 0 Å². The molecular formula is C20H12Cl2O. The van der Waals surface area contributed by atoms with E-state index in [1.807, 2.05) is 30.3 Å². The highest BCUT2D eigenvalue weighted by atomic mass is 35.5. The number of hydrogen-bond acceptors (Lipinski definition) is 1. The van der Waals surface area contributed by atoms with Gasteiger partial charge in [0.1, 0.15) is 0 Å². The predicted molar refractivity (Wildman–Crippen MR) is 94.6 cm³/mol. The molecule has 1 aliphatic rings. The summed E-state index contributed by atoms with van der Waals surface area (Å²) in [6, 6.07) is 19.2. The largest absolute Gasteiger partial charge is 0.289 e. The fraction of sp³-hybridized carbons (Fsp3) is 0.0500. The maximum atomic E-state index is 12.7. The van der Waals surface area contributed by atoms with Gasteiger partial charge in [0.25, 0.3) is 0 Å². The van der Waals surface area contributed by atoms with Gasteiger partial charge >= 0.3 is 0 Å². The first kappa shape index (κ1) is 14.5. The van der Waals surface area contributed by atoms with Gasteiger partial charge in [0.2, 0.25) is 0 Å². The monoisotopic (exact) mass is 338 g/mol. The zero-order chi connectivity index (χ0) is 16.0. The third-order valence-corrected chi connectivity index (χ3v) is 4.78. The Morgan fingerprint density at radius 2 is 1.61 bits per heavy atom. The van der Waals surface area contributed by atoms with E-state index in [-0.39, 0.29) is 5.78 Å². The van der Waals surface area contributed by atoms with E-state index in [9.17, 15) is 4.79 Å². The van der Waals surface area contributed by atoms with Crippen LogP contribution in [0.5, 0.6) is 0 Å². The van der Waals surface area contributed by atoms with Crippen molar-refractivity contribution >= 4 is 29.0 Å². The van der Waals surface area contributed by atoms with Gasteiger partial charge in [-0.05, 0) is 52.9 Å². The molecule has 0 atom stereocenters. The van der Waals surface area contributed by atoms with Gasteiger partial charge in [-0.1, -0.05) is 59.6 Å². The maximum absolute atomic E-state index is 12.7. The quantitative estimate of drug-likeness (QED) is 0.422. The highest BCUT2D eigenvalue weighted by molar-refractivity contribution is 6.37. The molecule has 0 saturated heterocycles. The van der Waals surface area contributed by atoms with Crippen molar-refractivity contribution in [3.8, 4) is 11.1 Å². The summed E-state index contributed by atoms with van der Waals surface area (Å²) < 4.78 is 0. The number of carbonyl (C=O) groups excluding carboxylic acids is 1. The summed E-state index contributed by atoms with van der Waals surface area (Å²) in [6.07, 6.45) is 0.862. The molecule has 0 spiro atoms. The van der Waals surface area contributed by atoms with Crippen molar-refractivity contribution < 1.29 is 4.79 Å². The molecule has 3 heteroatoms. The molecule has 0 N–H and O–H groups in total. The number of benzene rings is 3. The Kier molecular flexibility index (Phi) is 3.48. The zero-order valence-corrected chi connectivity index (χ0v) is 13.7. The predicted octanol–water partition coefficient (Wildman–Crippen LogP) is 5.80. The van der Waals surface area contributed by atoms with E-state index in [4.69, 9.17) is 23.2 Å². The lowest BCUT2D eigenvalue weighted by Crippen LogP contribution is -2.03. The number of halogens is 2. The van der Waals surface area contributed by atoms with Crippen LogP contribution in [0.15, 0.2) is 60.7 Å². The molecule has 0 unspecified atom stereocenters. The van der Waals surface area contributed by atoms with Crippen LogP contribution in [0.25, 0.3) is 11.1 Å². The van der Waals surface area contributed by atoms with Crippen LogP contribution in [-0.4, -0.2) is 5.78 Å². The summed E-state index contributed by atoms with van der Waals surface area (Å²) in [5, 5.41) is 0.905. The summed E-state index contributed by atoms with van der Waals surface area (Å²) >= 11 is 12.1. The molecule has 0 aromatic heterocycles. The van der Waals surface area contributed by atoms with Crippen molar-refractivity contribution in [1.29, 1.82) is 0 Å². The molecular weight excluding hydrogens is 327 g/mol. The summed E-state index contributed by atoms with van der Waals surface area (Å²) in [4.78, 5) is 12.7. The number of ketones is 1. The molecule has 1 aliphatic carbocycles. The van der Waals surface area contributed by atoms with Crippen LogP contribution < -0.4 is 0 Å². The fourth-order valence-corrected chi connectivity index (χ4v) is 3.61. The zero-order valence-electron chi connectivity index (χ0n) is 12.1. The van der Waals surface area contributed by atoms with E-state index < -0.39 is 0 Å². The molecule has 0 bridgehead atoms. The average Bonchev–Trinajstić information content (AvgIpc) is 2.92. The number of fused-ring (bicyclic) bond motifs is 3. The second kappa shape index (κ2) is 5.52. The van der Waals surface area contributed by atoms with Crippen LogP contribution in [-0.2, 0) is 6.42 Å². The average molecular weight is 339 g/mol. The number of rotatable bonds is 2. The molecule has 23 heavy (non-hydrogen) atoms. The van der Waals surface area contributed by atoms with Crippen LogP contribution in [0.1, 0.15) is 27.0 Å². The fourth-order valence-electron chi connectivity index (χ4n) is 3.12. The van der Waals surface area contributed by atoms with Crippen molar-refractivity contribution in [2.45, 2.75) is 6.42 Å². The molecule has 3 aromatic carbocycles. The van der Waals surface area contributed by atoms with Crippen LogP contribution in [0.2, 0.25) is 10.0 Å². The minimum atomic E-state index is -0.0783. The van der Waals surface area contributed by atoms with E-state index >= 15 is 0 Å². The van der Waals surface area contributed by atoms with Crippen molar-refractivity contribution in [2.24, 2.45) is 0 Å². The lowest BCUT2D eigenvalue weighted by Gasteiger charge is -2.07. The number of hydrogen-bond donors (Lipinski definition) is 0. The third kappa shape index (κ3) is 2.46. The van der Waals surface area contributed by atoms with Crippen LogP contribution in [0.3, 0.4) is 0 Å². The van der Waals surface area contributed by atoms with E-state index in [0.717, 1.165) is 6.42 Å². The van der Waals surface area contributed by atoms with Crippen LogP contribution in [0.4, 0.5) is 0 Å². The second-order valence-electron chi connectivity index (χ2n) is 5.66. The smallest absolute Gasteiger partial charge is 0.194 e. The minimum Gasteiger partial charge on any atom is -0.289 e. The van der Waals surface area contributed by atoms with Crippen LogP contribution in [0, 0.1) is 0 Å². The van der Waals surface area contributed by atoms with E-state index in [1.54, 1.807) is 18.2 Å². The normalized spacial score (nSPS) is 11.9. The Bertz CT molecular complexity index is 944. The minimum absolute atomic E-state index is 0.0783. The van der Waals surface area contributed by atoms with Gasteiger partial charge in [0.05, 0.1) is 5.02 Å². The Morgan fingerprint density at radius 1 is 0.826 bits per heavy atom. The third-order valence-electron chi connectivity index (χ3n) is 4.23. The standard InChI is InChI=1S/C20H12Cl2O/c21-15-6-8-18(19(22)11-15)20(23)13-5-7-17-14(10-13)9-12-3-1-2-4-16(12)17/h1-8,10-11H,9H2. The van der Waals surface area contributed by atoms with Gasteiger partial charge in [-0.25, -0.2) is 0 Å². The van der Waals surface area contributed by atoms with Gasteiger partial charge in [-0.15, -0.1) is 0 Å².